The average Bonchev–Trinajstić information content (AvgIpc) is 3.19. The van der Waals surface area contributed by atoms with Crippen molar-refractivity contribution in [2.24, 2.45) is 5.41 Å². The number of methoxy groups -OCH3 is 1. The highest BCUT2D eigenvalue weighted by molar-refractivity contribution is 6.30. The molecule has 2 aliphatic heterocycles. The van der Waals surface area contributed by atoms with Crippen molar-refractivity contribution in [3.63, 3.8) is 0 Å². The Morgan fingerprint density at radius 1 is 0.960 bits per heavy atom. The smallest absolute Gasteiger partial charge is 0.256 e. The molecule has 50 heavy (non-hydrogen) atoms. The number of anilines is 1. The molecule has 0 radical (unpaired) electrons. The number of para-hydroxylation sites is 1. The number of rotatable bonds is 14. The van der Waals surface area contributed by atoms with Crippen LogP contribution in [0.2, 0.25) is 5.02 Å². The molecular formula is C40H53Cl2N3O5. The molecule has 2 atom stereocenters. The SMILES string of the molecule is COc1c(OCCCNCCCc2ccccc2)cccc1C1OC(CC(=O)N2CCCCC2)C(=O)N(CC(C)(C)C)c2ccc(Cl)cc21.Cl. The first-order valence-corrected chi connectivity index (χ1v) is 18.1. The summed E-state index contributed by atoms with van der Waals surface area (Å²) in [6.07, 6.45) is 4.27. The number of likely N-dealkylation sites (tertiary alicyclic amines) is 1. The molecule has 0 aromatic heterocycles. The van der Waals surface area contributed by atoms with Gasteiger partial charge in [0.2, 0.25) is 5.91 Å². The summed E-state index contributed by atoms with van der Waals surface area (Å²) in [6.45, 7) is 10.4. The predicted molar refractivity (Wildman–Crippen MR) is 203 cm³/mol. The van der Waals surface area contributed by atoms with Gasteiger partial charge in [-0.1, -0.05) is 74.8 Å². The molecule has 10 heteroatoms. The van der Waals surface area contributed by atoms with Crippen LogP contribution in [0.4, 0.5) is 5.69 Å². The lowest BCUT2D eigenvalue weighted by molar-refractivity contribution is -0.143. The van der Waals surface area contributed by atoms with Gasteiger partial charge >= 0.3 is 0 Å². The first kappa shape index (κ1) is 39.5. The largest absolute Gasteiger partial charge is 0.492 e. The maximum atomic E-state index is 14.4. The topological polar surface area (TPSA) is 80.3 Å². The van der Waals surface area contributed by atoms with E-state index >= 15 is 0 Å². The Bertz CT molecular complexity index is 1540. The fraction of sp³-hybridized carbons (Fsp3) is 0.500. The van der Waals surface area contributed by atoms with Crippen LogP contribution in [-0.2, 0) is 20.7 Å². The van der Waals surface area contributed by atoms with E-state index in [0.717, 1.165) is 57.2 Å². The van der Waals surface area contributed by atoms with Gasteiger partial charge in [-0.15, -0.1) is 12.4 Å². The van der Waals surface area contributed by atoms with Crippen molar-refractivity contribution in [1.82, 2.24) is 10.2 Å². The summed E-state index contributed by atoms with van der Waals surface area (Å²) in [7, 11) is 1.62. The number of nitrogens with one attached hydrogen (secondary N) is 1. The summed E-state index contributed by atoms with van der Waals surface area (Å²) >= 11 is 6.61. The molecule has 1 saturated heterocycles. The lowest BCUT2D eigenvalue weighted by atomic mass is 9.94. The second-order valence-electron chi connectivity index (χ2n) is 14.3. The van der Waals surface area contributed by atoms with Crippen LogP contribution in [0, 0.1) is 5.41 Å². The number of hydrogen-bond donors (Lipinski definition) is 1. The normalized spacial score (nSPS) is 17.8. The number of carbonyl (C=O) groups excluding carboxylic acids is 2. The Kier molecular flexibility index (Phi) is 14.8. The molecule has 1 N–H and O–H groups in total. The quantitative estimate of drug-likeness (QED) is 0.170. The standard InChI is InChI=1S/C40H52ClN3O5.ClH/c1-40(2,3)28-44-33-20-19-30(41)26-32(33)37(49-35(39(44)46)27-36(45)43-23-9-6-10-24-43)31-17-11-18-34(38(31)47-4)48-25-13-22-42-21-12-16-29-14-7-5-8-15-29;/h5,7-8,11,14-15,17-20,26,35,37,42H,6,9-10,12-13,16,21-25,27-28H2,1-4H3;1H. The van der Waals surface area contributed by atoms with E-state index in [1.165, 1.54) is 5.56 Å². The van der Waals surface area contributed by atoms with Crippen LogP contribution in [-0.4, -0.2) is 69.3 Å². The molecule has 0 spiro atoms. The van der Waals surface area contributed by atoms with Crippen molar-refractivity contribution in [3.8, 4) is 11.5 Å². The fourth-order valence-corrected chi connectivity index (χ4v) is 6.83. The van der Waals surface area contributed by atoms with Crippen LogP contribution in [0.5, 0.6) is 11.5 Å². The molecular weight excluding hydrogens is 673 g/mol. The van der Waals surface area contributed by atoms with Crippen LogP contribution >= 0.6 is 24.0 Å². The lowest BCUT2D eigenvalue weighted by Crippen LogP contribution is -2.46. The highest BCUT2D eigenvalue weighted by Gasteiger charge is 2.40. The molecule has 1 fully saturated rings. The number of benzene rings is 3. The Morgan fingerprint density at radius 3 is 2.42 bits per heavy atom. The number of carbonyl (C=O) groups is 2. The summed E-state index contributed by atoms with van der Waals surface area (Å²) in [5.74, 6) is 0.842. The van der Waals surface area contributed by atoms with Gasteiger partial charge < -0.3 is 29.3 Å². The summed E-state index contributed by atoms with van der Waals surface area (Å²) in [5.41, 5.74) is 3.31. The minimum absolute atomic E-state index is 0. The first-order chi connectivity index (χ1) is 23.6. The predicted octanol–water partition coefficient (Wildman–Crippen LogP) is 8.03. The van der Waals surface area contributed by atoms with Gasteiger partial charge in [0.05, 0.1) is 20.1 Å². The third-order valence-corrected chi connectivity index (χ3v) is 9.25. The van der Waals surface area contributed by atoms with Crippen molar-refractivity contribution in [2.75, 3.05) is 51.3 Å². The van der Waals surface area contributed by atoms with Crippen LogP contribution < -0.4 is 19.7 Å². The van der Waals surface area contributed by atoms with Gasteiger partial charge in [0, 0.05) is 41.5 Å². The van der Waals surface area contributed by atoms with Crippen LogP contribution in [0.3, 0.4) is 0 Å². The van der Waals surface area contributed by atoms with Crippen LogP contribution in [0.1, 0.15) is 82.1 Å². The zero-order valence-corrected chi connectivity index (χ0v) is 31.5. The lowest BCUT2D eigenvalue weighted by Gasteiger charge is -2.32. The van der Waals surface area contributed by atoms with Gasteiger partial charge in [-0.25, -0.2) is 0 Å². The summed E-state index contributed by atoms with van der Waals surface area (Å²) in [4.78, 5) is 31.6. The summed E-state index contributed by atoms with van der Waals surface area (Å²) in [5, 5.41) is 4.04. The number of ether oxygens (including phenoxy) is 3. The van der Waals surface area contributed by atoms with E-state index in [1.807, 2.05) is 41.3 Å². The molecule has 8 nitrogen and oxygen atoms in total. The highest BCUT2D eigenvalue weighted by Crippen LogP contribution is 2.46. The number of aryl methyl sites for hydroxylation is 1. The number of fused-ring (bicyclic) bond motifs is 1. The third-order valence-electron chi connectivity index (χ3n) is 9.02. The molecule has 0 saturated carbocycles. The third kappa shape index (κ3) is 10.6. The van der Waals surface area contributed by atoms with Crippen LogP contribution in [0.25, 0.3) is 0 Å². The van der Waals surface area contributed by atoms with Gasteiger partial charge in [-0.05, 0) is 86.9 Å². The minimum atomic E-state index is -0.991. The number of piperidine rings is 1. The van der Waals surface area contributed by atoms with Gasteiger partial charge in [0.25, 0.3) is 5.91 Å². The van der Waals surface area contributed by atoms with Gasteiger partial charge in [-0.3, -0.25) is 9.59 Å². The van der Waals surface area contributed by atoms with Gasteiger partial charge in [-0.2, -0.15) is 0 Å². The molecule has 2 heterocycles. The number of halogens is 2. The number of nitrogens with zero attached hydrogens (tertiary/aromatic N) is 2. The monoisotopic (exact) mass is 725 g/mol. The van der Waals surface area contributed by atoms with Crippen molar-refractivity contribution in [1.29, 1.82) is 0 Å². The first-order valence-electron chi connectivity index (χ1n) is 17.7. The Balaban J connectivity index is 0.00000562. The average molecular weight is 727 g/mol. The second kappa shape index (κ2) is 18.8. The summed E-state index contributed by atoms with van der Waals surface area (Å²) < 4.78 is 19.0. The van der Waals surface area contributed by atoms with E-state index in [0.29, 0.717) is 54.0 Å². The molecule has 0 aliphatic carbocycles. The van der Waals surface area contributed by atoms with E-state index in [9.17, 15) is 9.59 Å². The zero-order chi connectivity index (χ0) is 34.8. The fourth-order valence-electron chi connectivity index (χ4n) is 6.65. The van der Waals surface area contributed by atoms with E-state index in [-0.39, 0.29) is 36.1 Å². The van der Waals surface area contributed by atoms with Crippen molar-refractivity contribution in [3.05, 3.63) is 88.4 Å². The highest BCUT2D eigenvalue weighted by atomic mass is 35.5. The van der Waals surface area contributed by atoms with E-state index in [2.05, 4.69) is 50.4 Å². The van der Waals surface area contributed by atoms with Crippen molar-refractivity contribution < 1.29 is 23.8 Å². The molecule has 5 rings (SSSR count). The Morgan fingerprint density at radius 2 is 1.70 bits per heavy atom. The molecule has 3 aromatic carbocycles. The number of hydrogen-bond acceptors (Lipinski definition) is 6. The van der Waals surface area contributed by atoms with E-state index in [1.54, 1.807) is 18.1 Å². The van der Waals surface area contributed by atoms with Gasteiger partial charge in [0.1, 0.15) is 12.2 Å². The molecule has 272 valence electrons. The van der Waals surface area contributed by atoms with Crippen molar-refractivity contribution in [2.45, 2.75) is 77.9 Å². The summed E-state index contributed by atoms with van der Waals surface area (Å²) in [6, 6.07) is 21.8. The molecule has 0 bridgehead atoms. The van der Waals surface area contributed by atoms with Crippen LogP contribution in [0.15, 0.2) is 66.7 Å². The maximum absolute atomic E-state index is 14.4. The number of amides is 2. The second-order valence-corrected chi connectivity index (χ2v) is 14.7. The van der Waals surface area contributed by atoms with Crippen molar-refractivity contribution >= 4 is 41.5 Å². The Labute approximate surface area is 309 Å². The van der Waals surface area contributed by atoms with E-state index < -0.39 is 12.2 Å². The molecule has 2 amide bonds. The molecule has 2 aliphatic rings. The minimum Gasteiger partial charge on any atom is -0.492 e. The Hall–Kier alpha value is -3.30. The van der Waals surface area contributed by atoms with E-state index in [4.69, 9.17) is 25.8 Å². The zero-order valence-electron chi connectivity index (χ0n) is 29.9. The molecule has 2 unspecified atom stereocenters. The maximum Gasteiger partial charge on any atom is 0.256 e. The van der Waals surface area contributed by atoms with Gasteiger partial charge in [0.15, 0.2) is 11.5 Å². The molecule has 3 aromatic rings.